The molecule has 0 spiro atoms. The maximum atomic E-state index is 13.6. The minimum atomic E-state index is -0.735. The number of amides is 1. The molecular formula is C44H45Cl2N3O8. The third-order valence-corrected chi connectivity index (χ3v) is 11.1. The first-order valence-electron chi connectivity index (χ1n) is 18.6. The van der Waals surface area contributed by atoms with Gasteiger partial charge in [-0.2, -0.15) is 0 Å². The first-order valence-corrected chi connectivity index (χ1v) is 19.4. The molecule has 298 valence electrons. The van der Waals surface area contributed by atoms with Crippen molar-refractivity contribution in [3.8, 4) is 17.2 Å². The molecule has 0 unspecified atom stereocenters. The number of nitrogens with one attached hydrogen (secondary N) is 1. The molecule has 13 heteroatoms. The second kappa shape index (κ2) is 19.2. The van der Waals surface area contributed by atoms with Gasteiger partial charge in [-0.3, -0.25) is 9.80 Å². The van der Waals surface area contributed by atoms with Crippen molar-refractivity contribution in [3.63, 3.8) is 0 Å². The van der Waals surface area contributed by atoms with Crippen molar-refractivity contribution in [2.24, 2.45) is 5.92 Å². The second-order valence-corrected chi connectivity index (χ2v) is 14.8. The van der Waals surface area contributed by atoms with Gasteiger partial charge in [-0.05, 0) is 97.1 Å². The van der Waals surface area contributed by atoms with E-state index in [0.29, 0.717) is 56.4 Å². The second-order valence-electron chi connectivity index (χ2n) is 14.0. The molecule has 57 heavy (non-hydrogen) atoms. The number of methoxy groups -OCH3 is 2. The Morgan fingerprint density at radius 2 is 1.51 bits per heavy atom. The predicted molar refractivity (Wildman–Crippen MR) is 216 cm³/mol. The van der Waals surface area contributed by atoms with Crippen LogP contribution in [0.1, 0.15) is 51.6 Å². The number of fused-ring (bicyclic) bond motifs is 3. The Kier molecular flexibility index (Phi) is 13.9. The zero-order valence-corrected chi connectivity index (χ0v) is 33.2. The molecule has 3 aliphatic heterocycles. The smallest absolute Gasteiger partial charge is 0.414 e. The number of esters is 1. The van der Waals surface area contributed by atoms with E-state index in [-0.39, 0.29) is 30.7 Å². The number of anilines is 1. The van der Waals surface area contributed by atoms with Crippen LogP contribution >= 0.6 is 23.2 Å². The fourth-order valence-corrected chi connectivity index (χ4v) is 7.75. The summed E-state index contributed by atoms with van der Waals surface area (Å²) in [4.78, 5) is 34.1. The minimum Gasteiger partial charge on any atom is -0.870 e. The van der Waals surface area contributed by atoms with Crippen LogP contribution in [0, 0.1) is 5.92 Å². The van der Waals surface area contributed by atoms with Crippen LogP contribution in [-0.2, 0) is 29.0 Å². The number of hydrogen-bond donors (Lipinski definition) is 0. The Hall–Kier alpha value is -5.33. The fourth-order valence-electron chi connectivity index (χ4n) is 7.22. The van der Waals surface area contributed by atoms with Crippen molar-refractivity contribution in [2.75, 3.05) is 38.8 Å². The number of piperidine rings is 3. The number of carbonyl (C=O) groups excluding carboxylic acids is 2. The van der Waals surface area contributed by atoms with Gasteiger partial charge in [0.15, 0.2) is 23.9 Å². The van der Waals surface area contributed by atoms with Crippen molar-refractivity contribution in [1.82, 2.24) is 4.90 Å². The van der Waals surface area contributed by atoms with Gasteiger partial charge in [0.2, 0.25) is 0 Å². The molecule has 1 amide bonds. The number of ether oxygens (including phenoxy) is 5. The van der Waals surface area contributed by atoms with Crippen LogP contribution in [0.5, 0.6) is 17.2 Å². The lowest BCUT2D eigenvalue weighted by Gasteiger charge is -2.44. The van der Waals surface area contributed by atoms with Gasteiger partial charge in [-0.1, -0.05) is 71.7 Å². The van der Waals surface area contributed by atoms with Gasteiger partial charge < -0.3 is 29.2 Å². The summed E-state index contributed by atoms with van der Waals surface area (Å²) < 4.78 is 29.2. The van der Waals surface area contributed by atoms with Crippen LogP contribution in [0.4, 0.5) is 10.5 Å². The third kappa shape index (κ3) is 10.2. The van der Waals surface area contributed by atoms with Gasteiger partial charge in [0.1, 0.15) is 34.6 Å². The molecule has 2 bridgehead atoms. The summed E-state index contributed by atoms with van der Waals surface area (Å²) in [6, 6.07) is 29.7. The Bertz CT molecular complexity index is 2090. The van der Waals surface area contributed by atoms with Gasteiger partial charge in [0.25, 0.3) is 0 Å². The van der Waals surface area contributed by atoms with Crippen LogP contribution in [0.3, 0.4) is 0 Å². The molecule has 5 aromatic rings. The highest BCUT2D eigenvalue weighted by Gasteiger charge is 2.37. The Labute approximate surface area is 342 Å². The molecule has 1 aromatic heterocycles. The standard InChI is InChI=1S/C44H43Cl2N3O7.H2O/c1-52-39-17-14-33(22-41(39)53-2)40(23-36-37(45)24-47-25-38(36)46)55-43(50)32-12-8-30(9-13-32)28-54-35-15-10-29(11-16-35)26-49(34-6-4-3-5-7-34)44(51)56-42-27-48-20-18-31(42)19-21-48;/h3-17,22,24-25,31,40,42H,18-21,23,26-28H2,1-2H3;1H2/t40-,42-;/m0./s1. The highest BCUT2D eigenvalue weighted by molar-refractivity contribution is 6.35. The molecule has 2 N–H and O–H groups in total. The van der Waals surface area contributed by atoms with E-state index in [1.54, 1.807) is 55.8 Å². The lowest BCUT2D eigenvalue weighted by atomic mass is 9.86. The number of para-hydroxylation sites is 1. The van der Waals surface area contributed by atoms with E-state index < -0.39 is 12.1 Å². The average molecular weight is 815 g/mol. The topological polar surface area (TPSA) is 131 Å². The molecule has 0 radical (unpaired) electrons. The van der Waals surface area contributed by atoms with Gasteiger partial charge >= 0.3 is 12.1 Å². The molecule has 3 aliphatic rings. The predicted octanol–water partition coefficient (Wildman–Crippen LogP) is 8.61. The number of carbonyl (C=O) groups is 2. The van der Waals surface area contributed by atoms with Crippen molar-refractivity contribution in [1.29, 1.82) is 0 Å². The average Bonchev–Trinajstić information content (AvgIpc) is 3.24. The molecule has 11 nitrogen and oxygen atoms in total. The Morgan fingerprint density at radius 1 is 0.842 bits per heavy atom. The number of aromatic amines is 1. The van der Waals surface area contributed by atoms with Gasteiger partial charge in [0.05, 0.1) is 26.3 Å². The monoisotopic (exact) mass is 813 g/mol. The van der Waals surface area contributed by atoms with Crippen LogP contribution in [0.15, 0.2) is 109 Å². The Balaban J connectivity index is 0.00000549. The number of benzene rings is 4. The lowest BCUT2D eigenvalue weighted by molar-refractivity contribution is -0.377. The molecule has 3 saturated heterocycles. The van der Waals surface area contributed by atoms with Gasteiger partial charge in [-0.25, -0.2) is 14.6 Å². The maximum absolute atomic E-state index is 13.6. The van der Waals surface area contributed by atoms with E-state index in [2.05, 4.69) is 9.88 Å². The number of H-pyrrole nitrogens is 1. The summed E-state index contributed by atoms with van der Waals surface area (Å²) in [6.07, 6.45) is 4.49. The van der Waals surface area contributed by atoms with E-state index in [4.69, 9.17) is 46.9 Å². The van der Waals surface area contributed by atoms with E-state index in [1.807, 2.05) is 72.8 Å². The highest BCUT2D eigenvalue weighted by atomic mass is 35.5. The van der Waals surface area contributed by atoms with Gasteiger partial charge in [-0.15, -0.1) is 0 Å². The first kappa shape index (κ1) is 41.3. The van der Waals surface area contributed by atoms with Crippen molar-refractivity contribution in [2.45, 2.75) is 44.6 Å². The van der Waals surface area contributed by atoms with Gasteiger partial charge in [0, 0.05) is 24.2 Å². The van der Waals surface area contributed by atoms with Crippen LogP contribution < -0.4 is 24.1 Å². The minimum absolute atomic E-state index is 0. The first-order chi connectivity index (χ1) is 27.3. The van der Waals surface area contributed by atoms with Crippen molar-refractivity contribution >= 4 is 41.0 Å². The number of rotatable bonds is 14. The van der Waals surface area contributed by atoms with Crippen LogP contribution in [-0.4, -0.2) is 62.4 Å². The van der Waals surface area contributed by atoms with E-state index >= 15 is 0 Å². The molecule has 4 heterocycles. The zero-order chi connectivity index (χ0) is 39.0. The van der Waals surface area contributed by atoms with Crippen molar-refractivity contribution in [3.05, 3.63) is 147 Å². The lowest BCUT2D eigenvalue weighted by Crippen LogP contribution is -2.53. The van der Waals surface area contributed by atoms with Crippen LogP contribution in [0.2, 0.25) is 10.0 Å². The summed E-state index contributed by atoms with van der Waals surface area (Å²) in [5.74, 6) is 1.63. The summed E-state index contributed by atoms with van der Waals surface area (Å²) in [7, 11) is 3.10. The summed E-state index contributed by atoms with van der Waals surface area (Å²) in [5, 5.41) is 0.846. The molecule has 8 rings (SSSR count). The number of hydrogen-bond acceptors (Lipinski definition) is 9. The van der Waals surface area contributed by atoms with Crippen molar-refractivity contribution < 1.29 is 43.7 Å². The largest absolute Gasteiger partial charge is 0.870 e. The molecule has 4 aromatic carbocycles. The number of aromatic nitrogens is 1. The molecule has 0 saturated carbocycles. The van der Waals surface area contributed by atoms with Crippen LogP contribution in [0.25, 0.3) is 0 Å². The molecular weight excluding hydrogens is 769 g/mol. The number of nitrogens with zero attached hydrogens (tertiary/aromatic N) is 2. The SMILES string of the molecule is COc1ccc([C@H](Cc2c(Cl)c[nH+]cc2Cl)OC(=O)c2ccc(COc3ccc(CN(C(=O)O[C@H]4CN5CCC4CC5)c4ccccc4)cc3)cc2)cc1OC.[OH-]. The quantitative estimate of drug-likeness (QED) is 0.101. The normalized spacial score (nSPS) is 17.4. The number of pyridine rings is 1. The summed E-state index contributed by atoms with van der Waals surface area (Å²) in [5.41, 5.74) is 4.28. The fraction of sp³-hybridized carbons (Fsp3) is 0.295. The Morgan fingerprint density at radius 3 is 2.14 bits per heavy atom. The third-order valence-electron chi connectivity index (χ3n) is 10.4. The molecule has 2 atom stereocenters. The number of halogens is 2. The van der Waals surface area contributed by atoms with E-state index in [1.165, 1.54) is 0 Å². The van der Waals surface area contributed by atoms with E-state index in [9.17, 15) is 9.59 Å². The summed E-state index contributed by atoms with van der Waals surface area (Å²) in [6.45, 7) is 3.62. The highest BCUT2D eigenvalue weighted by Crippen LogP contribution is 2.36. The zero-order valence-electron chi connectivity index (χ0n) is 31.7. The molecule has 3 fully saturated rings. The van der Waals surface area contributed by atoms with E-state index in [0.717, 1.165) is 49.3 Å². The summed E-state index contributed by atoms with van der Waals surface area (Å²) >= 11 is 13.0. The maximum Gasteiger partial charge on any atom is 0.414 e. The molecule has 0 aliphatic carbocycles.